The van der Waals surface area contributed by atoms with Crippen molar-refractivity contribution in [1.82, 2.24) is 0 Å². The minimum Gasteiger partial charge on any atom is -0.392 e. The van der Waals surface area contributed by atoms with Crippen LogP contribution < -0.4 is 5.19 Å². The summed E-state index contributed by atoms with van der Waals surface area (Å²) in [5.74, 6) is 0.329. The lowest BCUT2D eigenvalue weighted by Crippen LogP contribution is -2.48. The summed E-state index contributed by atoms with van der Waals surface area (Å²) < 4.78 is 6.07. The minimum atomic E-state index is -1.64. The van der Waals surface area contributed by atoms with Gasteiger partial charge >= 0.3 is 0 Å². The summed E-state index contributed by atoms with van der Waals surface area (Å²) in [5, 5.41) is 11.3. The second kappa shape index (κ2) is 8.13. The van der Waals surface area contributed by atoms with Crippen molar-refractivity contribution in [3.05, 3.63) is 77.9 Å². The highest BCUT2D eigenvalue weighted by Crippen LogP contribution is 2.43. The molecule has 2 nitrogen and oxygen atoms in total. The van der Waals surface area contributed by atoms with Crippen LogP contribution in [0, 0.1) is 5.92 Å². The first kappa shape index (κ1) is 18.1. The number of hydrogen-bond donors (Lipinski definition) is 1. The van der Waals surface area contributed by atoms with Crippen molar-refractivity contribution >= 4 is 13.3 Å². The van der Waals surface area contributed by atoms with Crippen molar-refractivity contribution in [3.63, 3.8) is 0 Å². The molecule has 0 fully saturated rings. The van der Waals surface area contributed by atoms with Crippen LogP contribution in [0.4, 0.5) is 0 Å². The molecule has 0 spiro atoms. The number of rotatable bonds is 7. The largest absolute Gasteiger partial charge is 0.392 e. The summed E-state index contributed by atoms with van der Waals surface area (Å²) >= 11 is 0. The van der Waals surface area contributed by atoms with E-state index in [9.17, 15) is 5.11 Å². The Morgan fingerprint density at radius 3 is 2.28 bits per heavy atom. The zero-order chi connectivity index (χ0) is 17.7. The van der Waals surface area contributed by atoms with Gasteiger partial charge in [-0.05, 0) is 23.1 Å². The summed E-state index contributed by atoms with van der Waals surface area (Å²) in [6.45, 7) is 6.37. The van der Waals surface area contributed by atoms with Gasteiger partial charge < -0.3 is 9.84 Å². The lowest BCUT2D eigenvalue weighted by atomic mass is 10.0. The maximum Gasteiger partial charge on any atom is 0.0846 e. The Bertz CT molecular complexity index is 694. The highest BCUT2D eigenvalue weighted by molar-refractivity contribution is 6.91. The molecule has 0 bridgehead atoms. The predicted octanol–water partition coefficient (Wildman–Crippen LogP) is 4.13. The predicted molar refractivity (Wildman–Crippen MR) is 107 cm³/mol. The van der Waals surface area contributed by atoms with Crippen LogP contribution in [-0.4, -0.2) is 26.4 Å². The van der Waals surface area contributed by atoms with E-state index in [4.69, 9.17) is 4.74 Å². The van der Waals surface area contributed by atoms with Gasteiger partial charge in [0.05, 0.1) is 27.9 Å². The monoisotopic (exact) mass is 352 g/mol. The van der Waals surface area contributed by atoms with Gasteiger partial charge in [0.15, 0.2) is 0 Å². The first-order valence-electron chi connectivity index (χ1n) is 9.10. The van der Waals surface area contributed by atoms with E-state index in [1.54, 1.807) is 0 Å². The molecule has 2 aromatic rings. The number of aliphatic hydroxyl groups is 1. The standard InChI is InChI=1S/C22H28O2Si/c1-25(2,20-11-7-4-8-12-20)22-14-13-19(15-23)21(22)17-24-16-18-9-5-3-6-10-18/h3-13,21-23H,14-17H2,1-2H3/t21-,22-/m0/s1. The lowest BCUT2D eigenvalue weighted by molar-refractivity contribution is 0.0931. The van der Waals surface area contributed by atoms with Crippen LogP contribution in [0.2, 0.25) is 18.6 Å². The zero-order valence-electron chi connectivity index (χ0n) is 15.2. The van der Waals surface area contributed by atoms with E-state index in [1.165, 1.54) is 10.8 Å². The molecule has 3 rings (SSSR count). The van der Waals surface area contributed by atoms with E-state index in [1.807, 2.05) is 18.2 Å². The number of benzene rings is 2. The third-order valence-electron chi connectivity index (χ3n) is 5.63. The first-order valence-corrected chi connectivity index (χ1v) is 12.2. The van der Waals surface area contributed by atoms with Gasteiger partial charge in [0.2, 0.25) is 0 Å². The normalized spacial score (nSPS) is 20.5. The van der Waals surface area contributed by atoms with Gasteiger partial charge in [-0.3, -0.25) is 0 Å². The van der Waals surface area contributed by atoms with Crippen molar-refractivity contribution < 1.29 is 9.84 Å². The number of hydrogen-bond acceptors (Lipinski definition) is 2. The first-order chi connectivity index (χ1) is 12.1. The molecule has 132 valence electrons. The van der Waals surface area contributed by atoms with Crippen LogP contribution in [0.5, 0.6) is 0 Å². The molecular formula is C22H28O2Si. The Kier molecular flexibility index (Phi) is 5.89. The van der Waals surface area contributed by atoms with E-state index in [0.717, 1.165) is 12.0 Å². The highest BCUT2D eigenvalue weighted by atomic mass is 28.3. The fraction of sp³-hybridized carbons (Fsp3) is 0.364. The Labute approximate surface area is 152 Å². The summed E-state index contributed by atoms with van der Waals surface area (Å²) in [5.41, 5.74) is 2.94. The maximum atomic E-state index is 9.80. The number of ether oxygens (including phenoxy) is 1. The smallest absolute Gasteiger partial charge is 0.0846 e. The molecule has 0 amide bonds. The second-order valence-electron chi connectivity index (χ2n) is 7.47. The van der Waals surface area contributed by atoms with Gasteiger partial charge in [-0.1, -0.05) is 85.0 Å². The van der Waals surface area contributed by atoms with Gasteiger partial charge in [-0.15, -0.1) is 0 Å². The molecule has 0 aromatic heterocycles. The van der Waals surface area contributed by atoms with Crippen LogP contribution in [-0.2, 0) is 11.3 Å². The van der Waals surface area contributed by atoms with Crippen molar-refractivity contribution in [2.24, 2.45) is 5.92 Å². The highest BCUT2D eigenvalue weighted by Gasteiger charge is 2.42. The third kappa shape index (κ3) is 4.11. The quantitative estimate of drug-likeness (QED) is 0.600. The molecule has 0 radical (unpaired) electrons. The van der Waals surface area contributed by atoms with E-state index in [0.29, 0.717) is 24.7 Å². The average molecular weight is 353 g/mol. The Morgan fingerprint density at radius 2 is 1.64 bits per heavy atom. The summed E-state index contributed by atoms with van der Waals surface area (Å²) in [7, 11) is -1.64. The average Bonchev–Trinajstić information content (AvgIpc) is 3.07. The van der Waals surface area contributed by atoms with E-state index in [-0.39, 0.29) is 6.61 Å². The molecule has 0 aliphatic heterocycles. The fourth-order valence-corrected chi connectivity index (χ4v) is 7.52. The SMILES string of the molecule is C[Si](C)(c1ccccc1)[C@H]1CC=C(CO)[C@@H]1COCc1ccccc1. The number of allylic oxidation sites excluding steroid dienone is 1. The van der Waals surface area contributed by atoms with Crippen molar-refractivity contribution in [3.8, 4) is 0 Å². The van der Waals surface area contributed by atoms with Gasteiger partial charge in [0, 0.05) is 5.92 Å². The minimum absolute atomic E-state index is 0.148. The molecule has 0 saturated heterocycles. The van der Waals surface area contributed by atoms with Gasteiger partial charge in [0.25, 0.3) is 0 Å². The van der Waals surface area contributed by atoms with Crippen molar-refractivity contribution in [1.29, 1.82) is 0 Å². The molecule has 25 heavy (non-hydrogen) atoms. The molecule has 2 aromatic carbocycles. The molecule has 0 heterocycles. The van der Waals surface area contributed by atoms with Crippen LogP contribution in [0.15, 0.2) is 72.3 Å². The molecule has 1 N–H and O–H groups in total. The second-order valence-corrected chi connectivity index (χ2v) is 12.2. The molecule has 0 saturated carbocycles. The summed E-state index contributed by atoms with van der Waals surface area (Å²) in [6.07, 6.45) is 3.31. The van der Waals surface area contributed by atoms with Crippen LogP contribution in [0.3, 0.4) is 0 Å². The lowest BCUT2D eigenvalue weighted by Gasteiger charge is -2.35. The van der Waals surface area contributed by atoms with E-state index < -0.39 is 8.07 Å². The molecule has 2 atom stereocenters. The van der Waals surface area contributed by atoms with Crippen LogP contribution in [0.1, 0.15) is 12.0 Å². The van der Waals surface area contributed by atoms with Crippen molar-refractivity contribution in [2.45, 2.75) is 31.7 Å². The van der Waals surface area contributed by atoms with Gasteiger partial charge in [-0.25, -0.2) is 0 Å². The van der Waals surface area contributed by atoms with Crippen molar-refractivity contribution in [2.75, 3.05) is 13.2 Å². The van der Waals surface area contributed by atoms with Crippen LogP contribution >= 0.6 is 0 Å². The van der Waals surface area contributed by atoms with E-state index >= 15 is 0 Å². The van der Waals surface area contributed by atoms with Gasteiger partial charge in [0.1, 0.15) is 0 Å². The van der Waals surface area contributed by atoms with Gasteiger partial charge in [-0.2, -0.15) is 0 Å². The summed E-state index contributed by atoms with van der Waals surface area (Å²) in [4.78, 5) is 0. The topological polar surface area (TPSA) is 29.5 Å². The Morgan fingerprint density at radius 1 is 1.00 bits per heavy atom. The van der Waals surface area contributed by atoms with E-state index in [2.05, 4.69) is 61.6 Å². The fourth-order valence-electron chi connectivity index (χ4n) is 4.01. The molecule has 1 aliphatic carbocycles. The maximum absolute atomic E-state index is 9.80. The zero-order valence-corrected chi connectivity index (χ0v) is 16.2. The molecule has 3 heteroatoms. The Hall–Kier alpha value is -1.68. The third-order valence-corrected chi connectivity index (χ3v) is 9.95. The summed E-state index contributed by atoms with van der Waals surface area (Å²) in [6, 6.07) is 21.2. The number of aliphatic hydroxyl groups excluding tert-OH is 1. The van der Waals surface area contributed by atoms with Crippen LogP contribution in [0.25, 0.3) is 0 Å². The Balaban J connectivity index is 1.71. The molecule has 0 unspecified atom stereocenters. The molecular weight excluding hydrogens is 324 g/mol. The molecule has 1 aliphatic rings.